The van der Waals surface area contributed by atoms with Crippen LogP contribution >= 0.6 is 11.7 Å². The molecule has 19 heavy (non-hydrogen) atoms. The summed E-state index contributed by atoms with van der Waals surface area (Å²) in [6.07, 6.45) is 1.49. The van der Waals surface area contributed by atoms with Crippen LogP contribution in [0.4, 0.5) is 0 Å². The number of hydrogen-bond acceptors (Lipinski definition) is 4. The van der Waals surface area contributed by atoms with E-state index in [0.29, 0.717) is 24.1 Å². The molecule has 0 fully saturated rings. The van der Waals surface area contributed by atoms with Gasteiger partial charge in [0.2, 0.25) is 0 Å². The zero-order chi connectivity index (χ0) is 13.7. The molecular weight excluding hydrogens is 258 g/mol. The Kier molecular flexibility index (Phi) is 4.63. The topological polar surface area (TPSA) is 54.9 Å². The SMILES string of the molecule is CC(C)C(CNC(=O)c1cnsn1)c1ccccc1. The van der Waals surface area contributed by atoms with Gasteiger partial charge in [0.05, 0.1) is 17.9 Å². The second kappa shape index (κ2) is 6.43. The quantitative estimate of drug-likeness (QED) is 0.912. The number of amides is 1. The van der Waals surface area contributed by atoms with Crippen molar-refractivity contribution in [2.45, 2.75) is 19.8 Å². The fourth-order valence-electron chi connectivity index (χ4n) is 2.00. The molecule has 1 unspecified atom stereocenters. The van der Waals surface area contributed by atoms with Crippen LogP contribution in [-0.4, -0.2) is 21.2 Å². The largest absolute Gasteiger partial charge is 0.350 e. The maximum absolute atomic E-state index is 11.9. The van der Waals surface area contributed by atoms with Gasteiger partial charge in [-0.15, -0.1) is 0 Å². The van der Waals surface area contributed by atoms with Gasteiger partial charge in [0, 0.05) is 12.5 Å². The van der Waals surface area contributed by atoms with Crippen molar-refractivity contribution in [2.75, 3.05) is 6.54 Å². The highest BCUT2D eigenvalue weighted by Gasteiger charge is 2.17. The number of benzene rings is 1. The molecule has 2 rings (SSSR count). The van der Waals surface area contributed by atoms with Crippen LogP contribution in [0, 0.1) is 5.92 Å². The summed E-state index contributed by atoms with van der Waals surface area (Å²) in [6, 6.07) is 10.2. The van der Waals surface area contributed by atoms with E-state index in [2.05, 4.69) is 40.0 Å². The minimum atomic E-state index is -0.157. The summed E-state index contributed by atoms with van der Waals surface area (Å²) < 4.78 is 7.76. The van der Waals surface area contributed by atoms with E-state index in [9.17, 15) is 4.79 Å². The van der Waals surface area contributed by atoms with Crippen LogP contribution in [0.25, 0.3) is 0 Å². The van der Waals surface area contributed by atoms with Crippen LogP contribution in [0.1, 0.15) is 35.8 Å². The van der Waals surface area contributed by atoms with E-state index >= 15 is 0 Å². The van der Waals surface area contributed by atoms with Gasteiger partial charge in [-0.1, -0.05) is 44.2 Å². The van der Waals surface area contributed by atoms with Gasteiger partial charge in [-0.05, 0) is 11.5 Å². The molecule has 100 valence electrons. The number of aromatic nitrogens is 2. The summed E-state index contributed by atoms with van der Waals surface area (Å²) in [4.78, 5) is 11.9. The monoisotopic (exact) mass is 275 g/mol. The molecule has 2 aromatic rings. The van der Waals surface area contributed by atoms with E-state index in [0.717, 1.165) is 11.7 Å². The van der Waals surface area contributed by atoms with Crippen LogP contribution in [-0.2, 0) is 0 Å². The molecule has 1 aromatic carbocycles. The Balaban J connectivity index is 2.01. The Morgan fingerprint density at radius 1 is 1.32 bits per heavy atom. The minimum absolute atomic E-state index is 0.157. The normalized spacial score (nSPS) is 12.4. The summed E-state index contributed by atoms with van der Waals surface area (Å²) in [5, 5.41) is 2.93. The molecule has 0 aliphatic rings. The average molecular weight is 275 g/mol. The van der Waals surface area contributed by atoms with Gasteiger partial charge in [-0.2, -0.15) is 8.75 Å². The van der Waals surface area contributed by atoms with E-state index < -0.39 is 0 Å². The lowest BCUT2D eigenvalue weighted by Gasteiger charge is -2.21. The fraction of sp³-hybridized carbons (Fsp3) is 0.357. The molecule has 1 heterocycles. The van der Waals surface area contributed by atoms with Crippen LogP contribution in [0.2, 0.25) is 0 Å². The number of nitrogens with zero attached hydrogens (tertiary/aromatic N) is 2. The maximum Gasteiger partial charge on any atom is 0.272 e. The summed E-state index contributed by atoms with van der Waals surface area (Å²) in [7, 11) is 0. The Bertz CT molecular complexity index is 511. The van der Waals surface area contributed by atoms with E-state index in [-0.39, 0.29) is 5.91 Å². The van der Waals surface area contributed by atoms with Crippen molar-refractivity contribution >= 4 is 17.6 Å². The predicted molar refractivity (Wildman–Crippen MR) is 76.3 cm³/mol. The van der Waals surface area contributed by atoms with Gasteiger partial charge >= 0.3 is 0 Å². The van der Waals surface area contributed by atoms with Crippen LogP contribution in [0.5, 0.6) is 0 Å². The molecule has 0 bridgehead atoms. The Hall–Kier alpha value is -1.75. The van der Waals surface area contributed by atoms with E-state index in [1.54, 1.807) is 0 Å². The maximum atomic E-state index is 11.9. The summed E-state index contributed by atoms with van der Waals surface area (Å²) in [5.74, 6) is 0.600. The van der Waals surface area contributed by atoms with Crippen LogP contribution < -0.4 is 5.32 Å². The highest BCUT2D eigenvalue weighted by Crippen LogP contribution is 2.23. The number of carbonyl (C=O) groups excluding carboxylic acids is 1. The molecule has 1 aromatic heterocycles. The lowest BCUT2D eigenvalue weighted by Crippen LogP contribution is -2.30. The number of nitrogens with one attached hydrogen (secondary N) is 1. The molecular formula is C14H17N3OS. The Morgan fingerprint density at radius 3 is 2.63 bits per heavy atom. The van der Waals surface area contributed by atoms with Gasteiger partial charge in [0.1, 0.15) is 0 Å². The zero-order valence-electron chi connectivity index (χ0n) is 11.0. The highest BCUT2D eigenvalue weighted by atomic mass is 32.1. The summed E-state index contributed by atoms with van der Waals surface area (Å²) in [6.45, 7) is 4.93. The molecule has 1 N–H and O–H groups in total. The second-order valence-corrected chi connectivity index (χ2v) is 5.32. The standard InChI is InChI=1S/C14H17N3OS/c1-10(2)12(11-6-4-3-5-7-11)8-15-14(18)13-9-16-19-17-13/h3-7,9-10,12H,8H2,1-2H3,(H,15,18). The molecule has 0 saturated carbocycles. The smallest absolute Gasteiger partial charge is 0.272 e. The first-order valence-corrected chi connectivity index (χ1v) is 7.02. The second-order valence-electron chi connectivity index (χ2n) is 4.76. The van der Waals surface area contributed by atoms with Crippen LogP contribution in [0.3, 0.4) is 0 Å². The van der Waals surface area contributed by atoms with E-state index in [4.69, 9.17) is 0 Å². The molecule has 0 spiro atoms. The summed E-state index contributed by atoms with van der Waals surface area (Å²) >= 11 is 1.04. The third kappa shape index (κ3) is 3.61. The van der Waals surface area contributed by atoms with Crippen molar-refractivity contribution in [1.29, 1.82) is 0 Å². The first kappa shape index (κ1) is 13.7. The van der Waals surface area contributed by atoms with E-state index in [1.807, 2.05) is 18.2 Å². The van der Waals surface area contributed by atoms with Crippen molar-refractivity contribution in [3.8, 4) is 0 Å². The molecule has 0 saturated heterocycles. The van der Waals surface area contributed by atoms with Crippen molar-refractivity contribution in [1.82, 2.24) is 14.1 Å². The summed E-state index contributed by atoms with van der Waals surface area (Å²) in [5.41, 5.74) is 1.63. The third-order valence-electron chi connectivity index (χ3n) is 3.11. The van der Waals surface area contributed by atoms with Crippen molar-refractivity contribution < 1.29 is 4.79 Å². The minimum Gasteiger partial charge on any atom is -0.350 e. The predicted octanol–water partition coefficient (Wildman–Crippen LogP) is 2.71. The van der Waals surface area contributed by atoms with Crippen molar-refractivity contribution in [3.05, 3.63) is 47.8 Å². The van der Waals surface area contributed by atoms with Gasteiger partial charge in [0.25, 0.3) is 5.91 Å². The highest BCUT2D eigenvalue weighted by molar-refractivity contribution is 6.99. The molecule has 1 atom stereocenters. The zero-order valence-corrected chi connectivity index (χ0v) is 11.9. The first-order chi connectivity index (χ1) is 9.18. The third-order valence-corrected chi connectivity index (χ3v) is 3.59. The molecule has 0 aliphatic heterocycles. The number of hydrogen-bond donors (Lipinski definition) is 1. The molecule has 5 heteroatoms. The lowest BCUT2D eigenvalue weighted by atomic mass is 9.88. The lowest BCUT2D eigenvalue weighted by molar-refractivity contribution is 0.0945. The number of carbonyl (C=O) groups is 1. The first-order valence-electron chi connectivity index (χ1n) is 6.29. The Morgan fingerprint density at radius 2 is 2.05 bits per heavy atom. The molecule has 1 amide bonds. The molecule has 0 aliphatic carbocycles. The average Bonchev–Trinajstić information content (AvgIpc) is 2.93. The fourth-order valence-corrected chi connectivity index (χ4v) is 2.41. The van der Waals surface area contributed by atoms with Crippen LogP contribution in [0.15, 0.2) is 36.5 Å². The molecule has 0 radical (unpaired) electrons. The van der Waals surface area contributed by atoms with Gasteiger partial charge in [-0.3, -0.25) is 4.79 Å². The van der Waals surface area contributed by atoms with E-state index in [1.165, 1.54) is 11.8 Å². The van der Waals surface area contributed by atoms with Crippen molar-refractivity contribution in [2.24, 2.45) is 5.92 Å². The van der Waals surface area contributed by atoms with Gasteiger partial charge in [-0.25, -0.2) is 0 Å². The van der Waals surface area contributed by atoms with Gasteiger partial charge in [0.15, 0.2) is 5.69 Å². The molecule has 4 nitrogen and oxygen atoms in total. The van der Waals surface area contributed by atoms with Gasteiger partial charge < -0.3 is 5.32 Å². The Labute approximate surface area is 117 Å². The van der Waals surface area contributed by atoms with Crippen molar-refractivity contribution in [3.63, 3.8) is 0 Å². The number of rotatable bonds is 5.